The quantitative estimate of drug-likeness (QED) is 0.839. The fourth-order valence-corrected chi connectivity index (χ4v) is 4.16. The summed E-state index contributed by atoms with van der Waals surface area (Å²) >= 11 is 0. The van der Waals surface area contributed by atoms with Crippen LogP contribution in [0.4, 0.5) is 11.4 Å². The first-order chi connectivity index (χ1) is 10.3. The van der Waals surface area contributed by atoms with Gasteiger partial charge in [0.2, 0.25) is 15.9 Å². The Morgan fingerprint density at radius 2 is 2.13 bits per heavy atom. The van der Waals surface area contributed by atoms with Gasteiger partial charge in [-0.1, -0.05) is 19.4 Å². The maximum absolute atomic E-state index is 12.1. The van der Waals surface area contributed by atoms with Crippen molar-refractivity contribution in [3.05, 3.63) is 23.8 Å². The summed E-state index contributed by atoms with van der Waals surface area (Å²) in [7, 11) is -3.24. The molecule has 0 spiro atoms. The summed E-state index contributed by atoms with van der Waals surface area (Å²) in [5, 5.41) is 2.76. The van der Waals surface area contributed by atoms with Crippen LogP contribution < -0.4 is 15.4 Å². The van der Waals surface area contributed by atoms with Crippen molar-refractivity contribution < 1.29 is 13.2 Å². The van der Waals surface area contributed by atoms with E-state index in [9.17, 15) is 13.2 Å². The van der Waals surface area contributed by atoms with Gasteiger partial charge in [-0.2, -0.15) is 0 Å². The zero-order valence-corrected chi connectivity index (χ0v) is 15.0. The highest BCUT2D eigenvalue weighted by molar-refractivity contribution is 7.93. The Bertz CT molecular complexity index is 664. The van der Waals surface area contributed by atoms with Crippen LogP contribution in [0.15, 0.2) is 18.2 Å². The standard InChI is InChI=1S/C15H23N3O3S.ClH/c1-3-5-13(16)15(19)17-12-7-6-11(2)14(10-12)18-8-4-9-22(18,20)21;/h6-7,10,13H,3-5,8-9,16H2,1-2H3,(H,17,19);1H. The molecule has 2 rings (SSSR count). The number of nitrogens with zero attached hydrogens (tertiary/aromatic N) is 1. The first-order valence-corrected chi connectivity index (χ1v) is 9.13. The Morgan fingerprint density at radius 1 is 1.43 bits per heavy atom. The molecule has 1 unspecified atom stereocenters. The summed E-state index contributed by atoms with van der Waals surface area (Å²) in [6, 6.07) is 4.72. The number of benzene rings is 1. The summed E-state index contributed by atoms with van der Waals surface area (Å²) in [5.74, 6) is -0.0781. The van der Waals surface area contributed by atoms with Crippen molar-refractivity contribution in [3.8, 4) is 0 Å². The van der Waals surface area contributed by atoms with E-state index in [-0.39, 0.29) is 24.1 Å². The fraction of sp³-hybridized carbons (Fsp3) is 0.533. The van der Waals surface area contributed by atoms with Crippen molar-refractivity contribution in [2.75, 3.05) is 21.9 Å². The first-order valence-electron chi connectivity index (χ1n) is 7.52. The number of rotatable bonds is 5. The monoisotopic (exact) mass is 361 g/mol. The molecular formula is C15H24ClN3O3S. The molecule has 8 heteroatoms. The maximum atomic E-state index is 12.1. The van der Waals surface area contributed by atoms with Crippen molar-refractivity contribution >= 4 is 39.7 Å². The topological polar surface area (TPSA) is 92.5 Å². The van der Waals surface area contributed by atoms with Gasteiger partial charge in [0.05, 0.1) is 17.5 Å². The van der Waals surface area contributed by atoms with Crippen LogP contribution in [0.5, 0.6) is 0 Å². The van der Waals surface area contributed by atoms with Crippen molar-refractivity contribution in [3.63, 3.8) is 0 Å². The summed E-state index contributed by atoms with van der Waals surface area (Å²) < 4.78 is 25.5. The van der Waals surface area contributed by atoms with Gasteiger partial charge in [0.15, 0.2) is 0 Å². The molecule has 1 atom stereocenters. The molecule has 1 heterocycles. The largest absolute Gasteiger partial charge is 0.325 e. The molecule has 0 bridgehead atoms. The molecule has 0 saturated carbocycles. The summed E-state index contributed by atoms with van der Waals surface area (Å²) in [6.07, 6.45) is 2.07. The number of nitrogens with two attached hydrogens (primary N) is 1. The SMILES string of the molecule is CCCC(N)C(=O)Nc1ccc(C)c(N2CCCS2(=O)=O)c1.Cl. The van der Waals surface area contributed by atoms with E-state index in [1.807, 2.05) is 19.9 Å². The Morgan fingerprint density at radius 3 is 2.70 bits per heavy atom. The van der Waals surface area contributed by atoms with E-state index in [0.717, 1.165) is 12.0 Å². The third kappa shape index (κ3) is 4.59. The number of anilines is 2. The number of hydrogen-bond donors (Lipinski definition) is 2. The van der Waals surface area contributed by atoms with Crippen LogP contribution in [0.25, 0.3) is 0 Å². The van der Waals surface area contributed by atoms with Gasteiger partial charge < -0.3 is 11.1 Å². The molecule has 1 aromatic carbocycles. The second-order valence-electron chi connectivity index (χ2n) is 5.63. The Kier molecular flexibility index (Phi) is 6.85. The molecule has 1 aromatic rings. The summed E-state index contributed by atoms with van der Waals surface area (Å²) in [5.41, 5.74) is 7.85. The lowest BCUT2D eigenvalue weighted by atomic mass is 10.1. The predicted octanol–water partition coefficient (Wildman–Crippen LogP) is 2.02. The number of nitrogens with one attached hydrogen (secondary N) is 1. The van der Waals surface area contributed by atoms with Crippen molar-refractivity contribution in [2.24, 2.45) is 5.73 Å². The normalized spacial score (nSPS) is 17.4. The molecule has 1 fully saturated rings. The van der Waals surface area contributed by atoms with Crippen molar-refractivity contribution in [2.45, 2.75) is 39.2 Å². The molecule has 1 saturated heterocycles. The van der Waals surface area contributed by atoms with E-state index in [0.29, 0.717) is 30.8 Å². The number of sulfonamides is 1. The van der Waals surface area contributed by atoms with Gasteiger partial charge in [-0.05, 0) is 37.5 Å². The van der Waals surface area contributed by atoms with Gasteiger partial charge in [0, 0.05) is 12.2 Å². The number of aryl methyl sites for hydroxylation is 1. The highest BCUT2D eigenvalue weighted by atomic mass is 35.5. The molecule has 1 aliphatic rings. The lowest BCUT2D eigenvalue weighted by molar-refractivity contribution is -0.117. The lowest BCUT2D eigenvalue weighted by Gasteiger charge is -2.20. The van der Waals surface area contributed by atoms with Crippen LogP contribution in [0.3, 0.4) is 0 Å². The molecule has 0 radical (unpaired) electrons. The third-order valence-corrected chi connectivity index (χ3v) is 5.64. The number of hydrogen-bond acceptors (Lipinski definition) is 4. The Labute approximate surface area is 143 Å². The molecule has 0 aliphatic carbocycles. The molecule has 130 valence electrons. The highest BCUT2D eigenvalue weighted by Gasteiger charge is 2.29. The van der Waals surface area contributed by atoms with Crippen molar-refractivity contribution in [1.29, 1.82) is 0 Å². The molecule has 3 N–H and O–H groups in total. The fourth-order valence-electron chi connectivity index (χ4n) is 2.54. The van der Waals surface area contributed by atoms with Gasteiger partial charge in [-0.3, -0.25) is 9.10 Å². The van der Waals surface area contributed by atoms with Gasteiger partial charge in [0.25, 0.3) is 0 Å². The van der Waals surface area contributed by atoms with Crippen LogP contribution >= 0.6 is 12.4 Å². The maximum Gasteiger partial charge on any atom is 0.241 e. The minimum absolute atomic E-state index is 0. The summed E-state index contributed by atoms with van der Waals surface area (Å²) in [4.78, 5) is 12.0. The molecule has 0 aromatic heterocycles. The Balaban J connectivity index is 0.00000264. The van der Waals surface area contributed by atoms with Gasteiger partial charge in [-0.25, -0.2) is 8.42 Å². The Hall–Kier alpha value is -1.31. The smallest absolute Gasteiger partial charge is 0.241 e. The van der Waals surface area contributed by atoms with E-state index in [1.54, 1.807) is 12.1 Å². The van der Waals surface area contributed by atoms with Crippen LogP contribution in [-0.4, -0.2) is 32.7 Å². The molecule has 6 nitrogen and oxygen atoms in total. The van der Waals surface area contributed by atoms with E-state index in [4.69, 9.17) is 5.73 Å². The zero-order valence-electron chi connectivity index (χ0n) is 13.4. The van der Waals surface area contributed by atoms with Crippen LogP contribution in [0.1, 0.15) is 31.7 Å². The third-order valence-electron chi connectivity index (χ3n) is 3.78. The minimum Gasteiger partial charge on any atom is -0.325 e. The molecule has 23 heavy (non-hydrogen) atoms. The van der Waals surface area contributed by atoms with E-state index >= 15 is 0 Å². The highest BCUT2D eigenvalue weighted by Crippen LogP contribution is 2.30. The minimum atomic E-state index is -3.24. The van der Waals surface area contributed by atoms with E-state index < -0.39 is 16.1 Å². The number of halogens is 1. The van der Waals surface area contributed by atoms with Crippen LogP contribution in [0.2, 0.25) is 0 Å². The number of carbonyl (C=O) groups is 1. The second-order valence-corrected chi connectivity index (χ2v) is 7.64. The van der Waals surface area contributed by atoms with Crippen LogP contribution in [-0.2, 0) is 14.8 Å². The zero-order chi connectivity index (χ0) is 16.3. The average molecular weight is 362 g/mol. The van der Waals surface area contributed by atoms with Crippen LogP contribution in [0, 0.1) is 6.92 Å². The second kappa shape index (κ2) is 7.99. The lowest BCUT2D eigenvalue weighted by Crippen LogP contribution is -2.35. The number of carbonyl (C=O) groups excluding carboxylic acids is 1. The first kappa shape index (κ1) is 19.7. The van der Waals surface area contributed by atoms with E-state index in [2.05, 4.69) is 5.32 Å². The average Bonchev–Trinajstić information content (AvgIpc) is 2.80. The summed E-state index contributed by atoms with van der Waals surface area (Å²) in [6.45, 7) is 4.31. The van der Waals surface area contributed by atoms with Gasteiger partial charge >= 0.3 is 0 Å². The molecule has 1 amide bonds. The molecular weight excluding hydrogens is 338 g/mol. The van der Waals surface area contributed by atoms with E-state index in [1.165, 1.54) is 4.31 Å². The number of amides is 1. The predicted molar refractivity (Wildman–Crippen MR) is 95.7 cm³/mol. The van der Waals surface area contributed by atoms with Crippen molar-refractivity contribution in [1.82, 2.24) is 0 Å². The van der Waals surface area contributed by atoms with Gasteiger partial charge in [0.1, 0.15) is 0 Å². The molecule has 1 aliphatic heterocycles. The van der Waals surface area contributed by atoms with Gasteiger partial charge in [-0.15, -0.1) is 12.4 Å².